The zero-order valence-corrected chi connectivity index (χ0v) is 13.3. The number of carbonyl (C=O) groups is 1. The molecule has 7 heteroatoms. The molecule has 0 aliphatic heterocycles. The molecule has 0 aliphatic rings. The minimum atomic E-state index is -1.45. The molecule has 1 N–H and O–H groups in total. The molecular weight excluding hydrogens is 351 g/mol. The van der Waals surface area contributed by atoms with E-state index in [0.29, 0.717) is 6.04 Å². The van der Waals surface area contributed by atoms with Crippen LogP contribution in [0.3, 0.4) is 0 Å². The summed E-state index contributed by atoms with van der Waals surface area (Å²) in [5, 5.41) is 9.10. The number of imidazole rings is 1. The van der Waals surface area contributed by atoms with Crippen molar-refractivity contribution in [3.63, 3.8) is 0 Å². The molecule has 0 bridgehead atoms. The normalized spacial score (nSPS) is 13.6. The van der Waals surface area contributed by atoms with E-state index in [1.807, 2.05) is 0 Å². The van der Waals surface area contributed by atoms with Gasteiger partial charge in [0.25, 0.3) is 0 Å². The van der Waals surface area contributed by atoms with Crippen LogP contribution in [0.4, 0.5) is 0 Å². The smallest absolute Gasteiger partial charge is 0.332 e. The van der Waals surface area contributed by atoms with E-state index in [0.717, 1.165) is 3.70 Å². The Bertz CT molecular complexity index is 389. The fourth-order valence-electron chi connectivity index (χ4n) is 1.34. The molecule has 1 atom stereocenters. The van der Waals surface area contributed by atoms with Crippen molar-refractivity contribution >= 4 is 36.6 Å². The number of ether oxygens (including phenoxy) is 1. The highest BCUT2D eigenvalue weighted by molar-refractivity contribution is 14.1. The van der Waals surface area contributed by atoms with Gasteiger partial charge in [-0.05, 0) is 28.6 Å². The molecule has 1 rings (SSSR count). The summed E-state index contributed by atoms with van der Waals surface area (Å²) in [5.74, 6) is -0.887. The SMILES string of the molecule is C[Si](C)(C)CC(OCn1cncc1I)C(=O)O. The van der Waals surface area contributed by atoms with Crippen molar-refractivity contribution < 1.29 is 14.6 Å². The highest BCUT2D eigenvalue weighted by Gasteiger charge is 2.26. The Balaban J connectivity index is 2.57. The highest BCUT2D eigenvalue weighted by atomic mass is 127. The zero-order chi connectivity index (χ0) is 13.1. The van der Waals surface area contributed by atoms with Crippen LogP contribution in [0, 0.1) is 3.70 Å². The van der Waals surface area contributed by atoms with Crippen molar-refractivity contribution in [2.75, 3.05) is 0 Å². The van der Waals surface area contributed by atoms with Gasteiger partial charge in [0.2, 0.25) is 0 Å². The van der Waals surface area contributed by atoms with Gasteiger partial charge in [0.1, 0.15) is 10.4 Å². The highest BCUT2D eigenvalue weighted by Crippen LogP contribution is 2.15. The second-order valence-electron chi connectivity index (χ2n) is 5.07. The van der Waals surface area contributed by atoms with Gasteiger partial charge >= 0.3 is 5.97 Å². The maximum atomic E-state index is 11.1. The maximum absolute atomic E-state index is 11.1. The van der Waals surface area contributed by atoms with Gasteiger partial charge in [0, 0.05) is 8.07 Å². The van der Waals surface area contributed by atoms with Gasteiger partial charge in [0.15, 0.2) is 6.10 Å². The number of aliphatic carboxylic acids is 1. The van der Waals surface area contributed by atoms with Crippen molar-refractivity contribution in [1.82, 2.24) is 9.55 Å². The number of hydrogen-bond donors (Lipinski definition) is 1. The quantitative estimate of drug-likeness (QED) is 0.618. The van der Waals surface area contributed by atoms with Gasteiger partial charge in [-0.1, -0.05) is 19.6 Å². The molecule has 0 fully saturated rings. The molecule has 0 saturated carbocycles. The Morgan fingerprint density at radius 3 is 2.71 bits per heavy atom. The van der Waals surface area contributed by atoms with Gasteiger partial charge < -0.3 is 14.4 Å². The standard InChI is InChI=1S/C10H17IN2O3Si/c1-17(2,3)5-8(10(14)15)16-7-13-6-12-4-9(13)11/h4,6,8H,5,7H2,1-3H3,(H,14,15). The van der Waals surface area contributed by atoms with Crippen LogP contribution in [0.25, 0.3) is 0 Å². The summed E-state index contributed by atoms with van der Waals surface area (Å²) in [7, 11) is -1.45. The minimum absolute atomic E-state index is 0.236. The topological polar surface area (TPSA) is 64.4 Å². The number of rotatable bonds is 6. The van der Waals surface area contributed by atoms with Gasteiger partial charge in [-0.3, -0.25) is 0 Å². The van der Waals surface area contributed by atoms with E-state index in [2.05, 4.69) is 47.2 Å². The lowest BCUT2D eigenvalue weighted by Crippen LogP contribution is -2.34. The summed E-state index contributed by atoms with van der Waals surface area (Å²) in [6.07, 6.45) is 2.62. The first-order chi connectivity index (χ1) is 7.79. The van der Waals surface area contributed by atoms with Crippen molar-refractivity contribution in [3.8, 4) is 0 Å². The zero-order valence-electron chi connectivity index (χ0n) is 10.2. The Kier molecular flexibility index (Phi) is 5.14. The lowest BCUT2D eigenvalue weighted by molar-refractivity contribution is -0.151. The number of carboxylic acids is 1. The lowest BCUT2D eigenvalue weighted by Gasteiger charge is -2.22. The number of carboxylic acid groups (broad SMARTS) is 1. The molecule has 0 aromatic carbocycles. The van der Waals surface area contributed by atoms with Crippen LogP contribution in [0.5, 0.6) is 0 Å². The summed E-state index contributed by atoms with van der Waals surface area (Å²) in [5.41, 5.74) is 0. The van der Waals surface area contributed by atoms with E-state index in [4.69, 9.17) is 9.84 Å². The van der Waals surface area contributed by atoms with E-state index in [1.165, 1.54) is 0 Å². The molecule has 1 heterocycles. The first kappa shape index (κ1) is 14.6. The summed E-state index contributed by atoms with van der Waals surface area (Å²) in [4.78, 5) is 15.0. The molecular formula is C10H17IN2O3Si. The molecule has 96 valence electrons. The third-order valence-corrected chi connectivity index (χ3v) is 4.64. The Morgan fingerprint density at radius 1 is 1.65 bits per heavy atom. The molecule has 1 aromatic rings. The number of halogens is 1. The summed E-state index contributed by atoms with van der Waals surface area (Å²) < 4.78 is 8.17. The van der Waals surface area contributed by atoms with E-state index < -0.39 is 20.1 Å². The van der Waals surface area contributed by atoms with Crippen molar-refractivity contribution in [3.05, 3.63) is 16.2 Å². The van der Waals surface area contributed by atoms with Crippen LogP contribution in [0.15, 0.2) is 12.5 Å². The molecule has 5 nitrogen and oxygen atoms in total. The second kappa shape index (κ2) is 5.96. The number of aromatic nitrogens is 2. The molecule has 1 aromatic heterocycles. The van der Waals surface area contributed by atoms with Crippen LogP contribution < -0.4 is 0 Å². The van der Waals surface area contributed by atoms with E-state index in [1.54, 1.807) is 17.1 Å². The van der Waals surface area contributed by atoms with Gasteiger partial charge in [-0.2, -0.15) is 0 Å². The van der Waals surface area contributed by atoms with Gasteiger partial charge in [-0.15, -0.1) is 0 Å². The molecule has 0 saturated heterocycles. The summed E-state index contributed by atoms with van der Waals surface area (Å²) in [6, 6.07) is 0.619. The van der Waals surface area contributed by atoms with Crippen molar-refractivity contribution in [1.29, 1.82) is 0 Å². The first-order valence-electron chi connectivity index (χ1n) is 5.29. The fraction of sp³-hybridized carbons (Fsp3) is 0.600. The third-order valence-electron chi connectivity index (χ3n) is 2.15. The summed E-state index contributed by atoms with van der Waals surface area (Å²) in [6.45, 7) is 6.63. The van der Waals surface area contributed by atoms with Crippen LogP contribution in [0.2, 0.25) is 25.7 Å². The molecule has 1 unspecified atom stereocenters. The van der Waals surface area contributed by atoms with Crippen LogP contribution >= 0.6 is 22.6 Å². The largest absolute Gasteiger partial charge is 0.479 e. The van der Waals surface area contributed by atoms with Crippen molar-refractivity contribution in [2.45, 2.75) is 38.5 Å². The minimum Gasteiger partial charge on any atom is -0.479 e. The van der Waals surface area contributed by atoms with Gasteiger partial charge in [0.05, 0.1) is 12.5 Å². The van der Waals surface area contributed by atoms with Crippen LogP contribution in [-0.2, 0) is 16.3 Å². The Morgan fingerprint density at radius 2 is 2.29 bits per heavy atom. The Hall–Kier alpha value is -0.413. The van der Waals surface area contributed by atoms with Crippen LogP contribution in [-0.4, -0.2) is 34.8 Å². The Labute approximate surface area is 115 Å². The fourth-order valence-corrected chi connectivity index (χ4v) is 3.17. The average molecular weight is 368 g/mol. The molecule has 17 heavy (non-hydrogen) atoms. The lowest BCUT2D eigenvalue weighted by atomic mass is 10.4. The summed E-state index contributed by atoms with van der Waals surface area (Å²) >= 11 is 2.13. The first-order valence-corrected chi connectivity index (χ1v) is 10.1. The maximum Gasteiger partial charge on any atom is 0.332 e. The van der Waals surface area contributed by atoms with E-state index in [9.17, 15) is 4.79 Å². The van der Waals surface area contributed by atoms with E-state index in [-0.39, 0.29) is 6.73 Å². The predicted molar refractivity (Wildman–Crippen MR) is 75.6 cm³/mol. The third kappa shape index (κ3) is 5.17. The number of nitrogens with zero attached hydrogens (tertiary/aromatic N) is 2. The van der Waals surface area contributed by atoms with Gasteiger partial charge in [-0.25, -0.2) is 9.78 Å². The number of hydrogen-bond acceptors (Lipinski definition) is 3. The average Bonchev–Trinajstić information content (AvgIpc) is 2.56. The van der Waals surface area contributed by atoms with Crippen molar-refractivity contribution in [2.24, 2.45) is 0 Å². The van der Waals surface area contributed by atoms with Crippen LogP contribution in [0.1, 0.15) is 0 Å². The molecule has 0 aliphatic carbocycles. The van der Waals surface area contributed by atoms with E-state index >= 15 is 0 Å². The predicted octanol–water partition coefficient (Wildman–Crippen LogP) is 2.25. The second-order valence-corrected chi connectivity index (χ2v) is 11.7. The monoisotopic (exact) mass is 368 g/mol. The molecule has 0 spiro atoms. The molecule has 0 amide bonds. The molecule has 0 radical (unpaired) electrons.